The van der Waals surface area contributed by atoms with Crippen LogP contribution in [-0.4, -0.2) is 19.3 Å². The van der Waals surface area contributed by atoms with E-state index in [-0.39, 0.29) is 23.4 Å². The highest BCUT2D eigenvalue weighted by Gasteiger charge is 2.25. The first kappa shape index (κ1) is 12.0. The van der Waals surface area contributed by atoms with Crippen molar-refractivity contribution in [2.45, 2.75) is 13.0 Å². The Labute approximate surface area is 103 Å². The van der Waals surface area contributed by atoms with Crippen LogP contribution in [0, 0.1) is 5.82 Å². The lowest BCUT2D eigenvalue weighted by atomic mass is 10.1. The maximum Gasteiger partial charge on any atom is 0.407 e. The molecule has 1 heterocycles. The van der Waals surface area contributed by atoms with Crippen LogP contribution < -0.4 is 10.1 Å². The van der Waals surface area contributed by atoms with Crippen LogP contribution in [0.25, 0.3) is 0 Å². The standard InChI is InChI=1S/C11H11ClFNO3/c1-2-16-10-7(12)3-6(4-8(10)13)9-5-17-11(15)14-9/h3-4,9H,2,5H2,1H3,(H,14,15)/t9-/m1/s1. The van der Waals surface area contributed by atoms with Crippen molar-refractivity contribution in [2.75, 3.05) is 13.2 Å². The van der Waals surface area contributed by atoms with E-state index in [1.165, 1.54) is 6.07 Å². The monoisotopic (exact) mass is 259 g/mol. The molecule has 1 aromatic rings. The Morgan fingerprint density at radius 3 is 2.94 bits per heavy atom. The van der Waals surface area contributed by atoms with Crippen LogP contribution in [0.4, 0.5) is 9.18 Å². The summed E-state index contributed by atoms with van der Waals surface area (Å²) in [5.74, 6) is -0.515. The van der Waals surface area contributed by atoms with Crippen LogP contribution in [-0.2, 0) is 4.74 Å². The number of halogens is 2. The number of alkyl carbamates (subject to hydrolysis) is 1. The minimum absolute atomic E-state index is 0.0307. The molecule has 1 aliphatic heterocycles. The first-order valence-electron chi connectivity index (χ1n) is 5.17. The second-order valence-corrected chi connectivity index (χ2v) is 3.95. The zero-order valence-corrected chi connectivity index (χ0v) is 9.88. The summed E-state index contributed by atoms with van der Waals surface area (Å²) in [5, 5.41) is 2.73. The Morgan fingerprint density at radius 2 is 2.41 bits per heavy atom. The number of carbonyl (C=O) groups excluding carboxylic acids is 1. The number of hydrogen-bond donors (Lipinski definition) is 1. The Hall–Kier alpha value is -1.49. The van der Waals surface area contributed by atoms with Gasteiger partial charge in [-0.3, -0.25) is 0 Å². The van der Waals surface area contributed by atoms with Gasteiger partial charge in [-0.25, -0.2) is 9.18 Å². The molecule has 4 nitrogen and oxygen atoms in total. The largest absolute Gasteiger partial charge is 0.489 e. The quantitative estimate of drug-likeness (QED) is 0.908. The molecule has 6 heteroatoms. The van der Waals surface area contributed by atoms with Gasteiger partial charge in [0.05, 0.1) is 17.7 Å². The second-order valence-electron chi connectivity index (χ2n) is 3.54. The molecule has 1 fully saturated rings. The smallest absolute Gasteiger partial charge is 0.407 e. The summed E-state index contributed by atoms with van der Waals surface area (Å²) in [6, 6.07) is 2.48. The van der Waals surface area contributed by atoms with Gasteiger partial charge in [0.2, 0.25) is 0 Å². The van der Waals surface area contributed by atoms with Crippen molar-refractivity contribution in [3.05, 3.63) is 28.5 Å². The maximum atomic E-state index is 13.7. The fourth-order valence-electron chi connectivity index (χ4n) is 1.63. The van der Waals surface area contributed by atoms with Gasteiger partial charge in [-0.15, -0.1) is 0 Å². The summed E-state index contributed by atoms with van der Waals surface area (Å²) in [7, 11) is 0. The number of cyclic esters (lactones) is 1. The topological polar surface area (TPSA) is 47.6 Å². The van der Waals surface area contributed by atoms with E-state index in [4.69, 9.17) is 21.1 Å². The molecule has 1 amide bonds. The Bertz CT molecular complexity index is 429. The molecule has 0 bridgehead atoms. The third-order valence-corrected chi connectivity index (χ3v) is 2.67. The van der Waals surface area contributed by atoms with Crippen molar-refractivity contribution in [3.8, 4) is 5.75 Å². The van der Waals surface area contributed by atoms with Gasteiger partial charge in [-0.05, 0) is 24.6 Å². The van der Waals surface area contributed by atoms with E-state index in [0.29, 0.717) is 12.2 Å². The molecule has 2 rings (SSSR count). The van der Waals surface area contributed by atoms with E-state index in [0.717, 1.165) is 0 Å². The summed E-state index contributed by atoms with van der Waals surface area (Å²) in [6.45, 7) is 2.25. The van der Waals surface area contributed by atoms with Crippen molar-refractivity contribution in [1.29, 1.82) is 0 Å². The van der Waals surface area contributed by atoms with Gasteiger partial charge >= 0.3 is 6.09 Å². The van der Waals surface area contributed by atoms with Gasteiger partial charge in [0.15, 0.2) is 11.6 Å². The van der Waals surface area contributed by atoms with Gasteiger partial charge in [0, 0.05) is 0 Å². The van der Waals surface area contributed by atoms with Gasteiger partial charge < -0.3 is 14.8 Å². The van der Waals surface area contributed by atoms with Crippen molar-refractivity contribution in [2.24, 2.45) is 0 Å². The fraction of sp³-hybridized carbons (Fsp3) is 0.364. The Morgan fingerprint density at radius 1 is 1.65 bits per heavy atom. The summed E-state index contributed by atoms with van der Waals surface area (Å²) in [5.41, 5.74) is 0.557. The summed E-state index contributed by atoms with van der Waals surface area (Å²) in [4.78, 5) is 10.9. The molecule has 0 spiro atoms. The molecular formula is C11H11ClFNO3. The van der Waals surface area contributed by atoms with E-state index in [2.05, 4.69) is 5.32 Å². The van der Waals surface area contributed by atoms with E-state index in [1.54, 1.807) is 13.0 Å². The molecule has 17 heavy (non-hydrogen) atoms. The zero-order chi connectivity index (χ0) is 12.4. The van der Waals surface area contributed by atoms with E-state index < -0.39 is 11.9 Å². The fourth-order valence-corrected chi connectivity index (χ4v) is 1.90. The number of ether oxygens (including phenoxy) is 2. The second kappa shape index (κ2) is 4.79. The van der Waals surface area contributed by atoms with Crippen molar-refractivity contribution in [1.82, 2.24) is 5.32 Å². The highest BCUT2D eigenvalue weighted by atomic mass is 35.5. The predicted octanol–water partition coefficient (Wildman–Crippen LogP) is 2.66. The van der Waals surface area contributed by atoms with E-state index in [9.17, 15) is 9.18 Å². The van der Waals surface area contributed by atoms with Gasteiger partial charge in [0.1, 0.15) is 6.61 Å². The number of benzene rings is 1. The first-order chi connectivity index (χ1) is 8.11. The summed E-state index contributed by atoms with van der Waals surface area (Å²) >= 11 is 5.91. The minimum atomic E-state index is -0.546. The SMILES string of the molecule is CCOc1c(F)cc([C@H]2COC(=O)N2)cc1Cl. The zero-order valence-electron chi connectivity index (χ0n) is 9.13. The normalized spacial score (nSPS) is 18.8. The molecule has 1 N–H and O–H groups in total. The van der Waals surface area contributed by atoms with Crippen molar-refractivity contribution in [3.63, 3.8) is 0 Å². The van der Waals surface area contributed by atoms with Gasteiger partial charge in [-0.1, -0.05) is 11.6 Å². The minimum Gasteiger partial charge on any atom is -0.489 e. The van der Waals surface area contributed by atoms with Crippen LogP contribution in [0.1, 0.15) is 18.5 Å². The molecule has 1 atom stereocenters. The number of carbonyl (C=O) groups is 1. The molecule has 0 aliphatic carbocycles. The van der Waals surface area contributed by atoms with Crippen LogP contribution in [0.3, 0.4) is 0 Å². The number of rotatable bonds is 3. The lowest BCUT2D eigenvalue weighted by Gasteiger charge is -2.12. The highest BCUT2D eigenvalue weighted by molar-refractivity contribution is 6.32. The van der Waals surface area contributed by atoms with Gasteiger partial charge in [-0.2, -0.15) is 0 Å². The average Bonchev–Trinajstić information content (AvgIpc) is 2.70. The van der Waals surface area contributed by atoms with Gasteiger partial charge in [0.25, 0.3) is 0 Å². The lowest BCUT2D eigenvalue weighted by molar-refractivity contribution is 0.177. The van der Waals surface area contributed by atoms with E-state index >= 15 is 0 Å². The summed E-state index contributed by atoms with van der Waals surface area (Å²) < 4.78 is 23.5. The van der Waals surface area contributed by atoms with Crippen LogP contribution in [0.15, 0.2) is 12.1 Å². The third kappa shape index (κ3) is 2.44. The molecule has 0 aromatic heterocycles. The lowest BCUT2D eigenvalue weighted by Crippen LogP contribution is -2.18. The third-order valence-electron chi connectivity index (χ3n) is 2.38. The van der Waals surface area contributed by atoms with Crippen LogP contribution >= 0.6 is 11.6 Å². The maximum absolute atomic E-state index is 13.7. The molecule has 1 aliphatic rings. The van der Waals surface area contributed by atoms with Crippen LogP contribution in [0.5, 0.6) is 5.75 Å². The first-order valence-corrected chi connectivity index (χ1v) is 5.54. The molecular weight excluding hydrogens is 249 g/mol. The molecule has 0 radical (unpaired) electrons. The van der Waals surface area contributed by atoms with Crippen LogP contribution in [0.2, 0.25) is 5.02 Å². The molecule has 92 valence electrons. The van der Waals surface area contributed by atoms with Crippen molar-refractivity contribution < 1.29 is 18.7 Å². The molecule has 0 unspecified atom stereocenters. The molecule has 0 saturated carbocycles. The summed E-state index contributed by atoms with van der Waals surface area (Å²) in [6.07, 6.45) is -0.514. The Balaban J connectivity index is 2.28. The number of hydrogen-bond acceptors (Lipinski definition) is 3. The predicted molar refractivity (Wildman–Crippen MR) is 59.8 cm³/mol. The molecule has 1 saturated heterocycles. The van der Waals surface area contributed by atoms with E-state index in [1.807, 2.05) is 0 Å². The highest BCUT2D eigenvalue weighted by Crippen LogP contribution is 2.32. The van der Waals surface area contributed by atoms with Crippen molar-refractivity contribution >= 4 is 17.7 Å². The average molecular weight is 260 g/mol. The molecule has 1 aromatic carbocycles. The Kier molecular flexibility index (Phi) is 3.38. The number of nitrogens with one attached hydrogen (secondary N) is 1. The number of amides is 1.